The molecule has 0 fully saturated rings. The Bertz CT molecular complexity index is 801. The number of anilines is 1. The predicted molar refractivity (Wildman–Crippen MR) is 102 cm³/mol. The lowest BCUT2D eigenvalue weighted by Gasteiger charge is -2.23. The molecule has 0 saturated carbocycles. The zero-order chi connectivity index (χ0) is 18.5. The maximum Gasteiger partial charge on any atom is 0.307 e. The van der Waals surface area contributed by atoms with Crippen molar-refractivity contribution in [1.82, 2.24) is 0 Å². The molecule has 0 bridgehead atoms. The van der Waals surface area contributed by atoms with E-state index < -0.39 is 11.2 Å². The van der Waals surface area contributed by atoms with Crippen molar-refractivity contribution in [2.24, 2.45) is 0 Å². The van der Waals surface area contributed by atoms with Crippen molar-refractivity contribution >= 4 is 29.3 Å². The molecule has 1 aliphatic rings. The van der Waals surface area contributed by atoms with Gasteiger partial charge in [0.2, 0.25) is 5.91 Å². The van der Waals surface area contributed by atoms with Crippen LogP contribution in [0.15, 0.2) is 47.4 Å². The number of nitrogens with one attached hydrogen (secondary N) is 1. The molecule has 0 spiro atoms. The summed E-state index contributed by atoms with van der Waals surface area (Å²) in [5.41, 5.74) is 3.03. The number of para-hydroxylation sites is 1. The van der Waals surface area contributed by atoms with Gasteiger partial charge in [-0.15, -0.1) is 11.8 Å². The number of esters is 1. The zero-order valence-corrected chi connectivity index (χ0v) is 15.6. The van der Waals surface area contributed by atoms with Gasteiger partial charge in [-0.2, -0.15) is 0 Å². The van der Waals surface area contributed by atoms with E-state index in [4.69, 9.17) is 9.47 Å². The second-order valence-corrected chi connectivity index (χ2v) is 7.43. The van der Waals surface area contributed by atoms with Gasteiger partial charge in [-0.25, -0.2) is 0 Å². The summed E-state index contributed by atoms with van der Waals surface area (Å²) in [4.78, 5) is 25.1. The Labute approximate surface area is 157 Å². The van der Waals surface area contributed by atoms with Crippen LogP contribution in [0.2, 0.25) is 0 Å². The van der Waals surface area contributed by atoms with Gasteiger partial charge in [-0.1, -0.05) is 18.2 Å². The smallest absolute Gasteiger partial charge is 0.307 e. The van der Waals surface area contributed by atoms with Crippen molar-refractivity contribution < 1.29 is 19.1 Å². The standard InChI is InChI=1S/C20H21NO4S/c1-13-9-14(2)11-15(10-13)24-7-8-25-19(22)12-18-20(23)21-16-5-3-4-6-17(16)26-18/h3-6,9-11,18H,7-8,12H2,1-2H3,(H,21,23)/t18-/m1/s1. The third-order valence-electron chi connectivity index (χ3n) is 3.87. The molecule has 26 heavy (non-hydrogen) atoms. The molecule has 1 N–H and O–H groups in total. The quantitative estimate of drug-likeness (QED) is 0.619. The number of amides is 1. The Morgan fingerprint density at radius 2 is 1.85 bits per heavy atom. The molecular formula is C20H21NO4S. The van der Waals surface area contributed by atoms with Crippen molar-refractivity contribution in [3.05, 3.63) is 53.6 Å². The van der Waals surface area contributed by atoms with Gasteiger partial charge in [0.05, 0.1) is 17.4 Å². The lowest BCUT2D eigenvalue weighted by Crippen LogP contribution is -2.31. The fourth-order valence-corrected chi connectivity index (χ4v) is 3.86. The highest BCUT2D eigenvalue weighted by Gasteiger charge is 2.29. The number of benzene rings is 2. The van der Waals surface area contributed by atoms with Crippen LogP contribution < -0.4 is 10.1 Å². The summed E-state index contributed by atoms with van der Waals surface area (Å²) in [6, 6.07) is 13.5. The molecule has 0 radical (unpaired) electrons. The van der Waals surface area contributed by atoms with E-state index in [0.717, 1.165) is 27.5 Å². The Hall–Kier alpha value is -2.47. The third-order valence-corrected chi connectivity index (χ3v) is 5.14. The Morgan fingerprint density at radius 1 is 1.12 bits per heavy atom. The van der Waals surface area contributed by atoms with Gasteiger partial charge in [0.1, 0.15) is 19.0 Å². The summed E-state index contributed by atoms with van der Waals surface area (Å²) in [6.07, 6.45) is 0.0361. The normalized spacial score (nSPS) is 15.8. The minimum absolute atomic E-state index is 0.0361. The van der Waals surface area contributed by atoms with E-state index in [0.29, 0.717) is 0 Å². The Balaban J connectivity index is 1.44. The summed E-state index contributed by atoms with van der Waals surface area (Å²) >= 11 is 1.39. The Morgan fingerprint density at radius 3 is 2.62 bits per heavy atom. The molecule has 0 unspecified atom stereocenters. The molecule has 6 heteroatoms. The van der Waals surface area contributed by atoms with E-state index in [1.165, 1.54) is 11.8 Å². The number of fused-ring (bicyclic) bond motifs is 1. The zero-order valence-electron chi connectivity index (χ0n) is 14.8. The van der Waals surface area contributed by atoms with Crippen molar-refractivity contribution in [2.75, 3.05) is 18.5 Å². The van der Waals surface area contributed by atoms with Crippen LogP contribution in [0.5, 0.6) is 5.75 Å². The van der Waals surface area contributed by atoms with Gasteiger partial charge in [-0.3, -0.25) is 9.59 Å². The second kappa shape index (κ2) is 8.27. The molecule has 1 heterocycles. The summed E-state index contributed by atoms with van der Waals surface area (Å²) in [5.74, 6) is 0.190. The van der Waals surface area contributed by atoms with Crippen LogP contribution in [-0.4, -0.2) is 30.3 Å². The number of rotatable bonds is 6. The maximum absolute atomic E-state index is 12.1. The summed E-state index contributed by atoms with van der Waals surface area (Å²) in [7, 11) is 0. The number of carbonyl (C=O) groups is 2. The van der Waals surface area contributed by atoms with Crippen molar-refractivity contribution in [3.8, 4) is 5.75 Å². The first-order valence-corrected chi connectivity index (χ1v) is 9.32. The SMILES string of the molecule is Cc1cc(C)cc(OCCOC(=O)C[C@H]2Sc3ccccc3NC2=O)c1. The number of aryl methyl sites for hydroxylation is 2. The van der Waals surface area contributed by atoms with Crippen molar-refractivity contribution in [2.45, 2.75) is 30.4 Å². The summed E-state index contributed by atoms with van der Waals surface area (Å²) < 4.78 is 10.8. The van der Waals surface area contributed by atoms with E-state index in [1.807, 2.05) is 50.2 Å². The average Bonchev–Trinajstić information content (AvgIpc) is 2.58. The predicted octanol–water partition coefficient (Wildman–Crippen LogP) is 3.73. The molecule has 136 valence electrons. The molecule has 1 atom stereocenters. The number of ether oxygens (including phenoxy) is 2. The molecule has 1 amide bonds. The van der Waals surface area contributed by atoms with E-state index >= 15 is 0 Å². The fraction of sp³-hybridized carbons (Fsp3) is 0.300. The van der Waals surface area contributed by atoms with Gasteiger partial charge in [0.15, 0.2) is 0 Å². The highest BCUT2D eigenvalue weighted by Crippen LogP contribution is 2.36. The number of thioether (sulfide) groups is 1. The van der Waals surface area contributed by atoms with Gasteiger partial charge < -0.3 is 14.8 Å². The van der Waals surface area contributed by atoms with Crippen LogP contribution in [0, 0.1) is 13.8 Å². The Kier molecular flexibility index (Phi) is 5.83. The van der Waals surface area contributed by atoms with Crippen molar-refractivity contribution in [3.63, 3.8) is 0 Å². The number of hydrogen-bond acceptors (Lipinski definition) is 5. The third kappa shape index (κ3) is 4.79. The van der Waals surface area contributed by atoms with Gasteiger partial charge in [0, 0.05) is 4.90 Å². The van der Waals surface area contributed by atoms with E-state index in [-0.39, 0.29) is 25.5 Å². The summed E-state index contributed by atoms with van der Waals surface area (Å²) in [5, 5.41) is 2.35. The van der Waals surface area contributed by atoms with E-state index in [2.05, 4.69) is 11.4 Å². The fourth-order valence-electron chi connectivity index (χ4n) is 2.77. The first kappa shape index (κ1) is 18.3. The lowest BCUT2D eigenvalue weighted by atomic mass is 10.1. The first-order chi connectivity index (χ1) is 12.5. The lowest BCUT2D eigenvalue weighted by molar-refractivity contribution is -0.145. The molecule has 5 nitrogen and oxygen atoms in total. The van der Waals surface area contributed by atoms with Crippen LogP contribution in [0.25, 0.3) is 0 Å². The minimum Gasteiger partial charge on any atom is -0.490 e. The van der Waals surface area contributed by atoms with Gasteiger partial charge in [0.25, 0.3) is 0 Å². The van der Waals surface area contributed by atoms with Crippen molar-refractivity contribution in [1.29, 1.82) is 0 Å². The highest BCUT2D eigenvalue weighted by molar-refractivity contribution is 8.01. The average molecular weight is 371 g/mol. The number of carbonyl (C=O) groups excluding carboxylic acids is 2. The molecule has 0 saturated heterocycles. The summed E-state index contributed by atoms with van der Waals surface area (Å²) in [6.45, 7) is 4.44. The van der Waals surface area contributed by atoms with Crippen LogP contribution >= 0.6 is 11.8 Å². The van der Waals surface area contributed by atoms with E-state index in [9.17, 15) is 9.59 Å². The van der Waals surface area contributed by atoms with E-state index in [1.54, 1.807) is 0 Å². The van der Waals surface area contributed by atoms with Gasteiger partial charge in [-0.05, 0) is 49.2 Å². The molecule has 2 aromatic carbocycles. The minimum atomic E-state index is -0.474. The van der Waals surface area contributed by atoms with Crippen LogP contribution in [0.1, 0.15) is 17.5 Å². The molecule has 3 rings (SSSR count). The number of hydrogen-bond donors (Lipinski definition) is 1. The van der Waals surface area contributed by atoms with Crippen LogP contribution in [0.3, 0.4) is 0 Å². The molecule has 2 aromatic rings. The molecule has 0 aliphatic carbocycles. The first-order valence-electron chi connectivity index (χ1n) is 8.44. The topological polar surface area (TPSA) is 64.6 Å². The second-order valence-electron chi connectivity index (χ2n) is 6.19. The molecular weight excluding hydrogens is 350 g/mol. The molecule has 0 aromatic heterocycles. The van der Waals surface area contributed by atoms with Crippen LogP contribution in [0.4, 0.5) is 5.69 Å². The van der Waals surface area contributed by atoms with Crippen LogP contribution in [-0.2, 0) is 14.3 Å². The molecule has 1 aliphatic heterocycles. The monoisotopic (exact) mass is 371 g/mol. The highest BCUT2D eigenvalue weighted by atomic mass is 32.2. The largest absolute Gasteiger partial charge is 0.490 e. The van der Waals surface area contributed by atoms with Gasteiger partial charge >= 0.3 is 5.97 Å². The maximum atomic E-state index is 12.1.